The second-order valence-electron chi connectivity index (χ2n) is 10.8. The Labute approximate surface area is 189 Å². The molecule has 2 fully saturated rings. The number of aliphatic hydroxyl groups is 2. The van der Waals surface area contributed by atoms with Crippen molar-refractivity contribution in [2.24, 2.45) is 34.5 Å². The van der Waals surface area contributed by atoms with Crippen molar-refractivity contribution < 1.29 is 34.8 Å². The van der Waals surface area contributed by atoms with Crippen LogP contribution >= 0.6 is 0 Å². The largest absolute Gasteiger partial charge is 0.498 e. The van der Waals surface area contributed by atoms with Gasteiger partial charge in [0.2, 0.25) is 0 Å². The lowest BCUT2D eigenvalue weighted by Crippen LogP contribution is -2.59. The number of carbonyl (C=O) groups is 2. The summed E-state index contributed by atoms with van der Waals surface area (Å²) in [6.45, 7) is 6.77. The van der Waals surface area contributed by atoms with Crippen LogP contribution in [-0.2, 0) is 14.3 Å². The number of aliphatic hydroxyl groups excluding tert-OH is 1. The van der Waals surface area contributed by atoms with Crippen LogP contribution in [0.15, 0.2) is 23.5 Å². The first-order valence-corrected chi connectivity index (χ1v) is 11.9. The van der Waals surface area contributed by atoms with E-state index in [1.807, 2.05) is 13.8 Å². The summed E-state index contributed by atoms with van der Waals surface area (Å²) in [6, 6.07) is 0. The van der Waals surface area contributed by atoms with Crippen LogP contribution in [0.5, 0.6) is 0 Å². The Hall–Kier alpha value is -1.86. The topological polar surface area (TPSA) is 124 Å². The van der Waals surface area contributed by atoms with E-state index in [1.165, 1.54) is 5.57 Å². The summed E-state index contributed by atoms with van der Waals surface area (Å²) in [5.74, 6) is -3.18. The van der Waals surface area contributed by atoms with Gasteiger partial charge in [0, 0.05) is 18.3 Å². The zero-order chi connectivity index (χ0) is 23.5. The van der Waals surface area contributed by atoms with Crippen LogP contribution in [0.25, 0.3) is 0 Å². The standard InChI is InChI=1S/C25H36O7/c1-4-32-15-7-9-23(2)14(11-15)5-6-16-18-8-10-25(31,12-17(21(27)28)22(29)30)24(18,3)13-19(26)20(16)23/h5,11,16-20,26,31H,4,6-10,12-13H2,1-3H3,(H,27,28)(H,29,30)/t16-,18-,19?,20+,23-,24-,25-/m0/s1. The van der Waals surface area contributed by atoms with Gasteiger partial charge in [-0.3, -0.25) is 9.59 Å². The van der Waals surface area contributed by atoms with Gasteiger partial charge in [-0.2, -0.15) is 0 Å². The zero-order valence-electron chi connectivity index (χ0n) is 19.2. The minimum Gasteiger partial charge on any atom is -0.498 e. The fraction of sp³-hybridized carbons (Fsp3) is 0.760. The summed E-state index contributed by atoms with van der Waals surface area (Å²) < 4.78 is 5.76. The number of carboxylic acid groups (broad SMARTS) is 2. The van der Waals surface area contributed by atoms with Gasteiger partial charge in [-0.05, 0) is 73.8 Å². The molecule has 0 aromatic heterocycles. The molecular formula is C25H36O7. The number of hydrogen-bond acceptors (Lipinski definition) is 5. The molecule has 32 heavy (non-hydrogen) atoms. The van der Waals surface area contributed by atoms with E-state index in [9.17, 15) is 30.0 Å². The van der Waals surface area contributed by atoms with Gasteiger partial charge in [0.15, 0.2) is 5.92 Å². The maximum absolute atomic E-state index is 11.6. The molecular weight excluding hydrogens is 412 g/mol. The van der Waals surface area contributed by atoms with E-state index in [2.05, 4.69) is 19.1 Å². The van der Waals surface area contributed by atoms with Crippen LogP contribution in [-0.4, -0.2) is 50.7 Å². The van der Waals surface area contributed by atoms with Crippen molar-refractivity contribution in [3.8, 4) is 0 Å². The van der Waals surface area contributed by atoms with Crippen LogP contribution in [0.1, 0.15) is 65.7 Å². The van der Waals surface area contributed by atoms with Gasteiger partial charge in [-0.25, -0.2) is 0 Å². The van der Waals surface area contributed by atoms with Crippen molar-refractivity contribution >= 4 is 11.9 Å². The Balaban J connectivity index is 1.66. The fourth-order valence-corrected chi connectivity index (χ4v) is 7.78. The van der Waals surface area contributed by atoms with Crippen molar-refractivity contribution in [2.45, 2.75) is 77.4 Å². The van der Waals surface area contributed by atoms with E-state index < -0.39 is 35.0 Å². The molecule has 0 aromatic rings. The lowest BCUT2D eigenvalue weighted by atomic mass is 9.46. The van der Waals surface area contributed by atoms with Crippen molar-refractivity contribution in [3.63, 3.8) is 0 Å². The van der Waals surface area contributed by atoms with Crippen LogP contribution in [0, 0.1) is 34.5 Å². The molecule has 7 nitrogen and oxygen atoms in total. The SMILES string of the molecule is CCOC1=CC2=CC[C@@H]3[C@H](C(O)C[C@@]4(C)[C@H]3CC[C@]4(O)CC(C(=O)O)C(=O)O)[C@@]2(C)CC1. The number of aliphatic carboxylic acids is 2. The maximum atomic E-state index is 11.6. The van der Waals surface area contributed by atoms with E-state index in [0.29, 0.717) is 25.9 Å². The second-order valence-corrected chi connectivity index (χ2v) is 10.8. The molecule has 178 valence electrons. The van der Waals surface area contributed by atoms with E-state index in [1.54, 1.807) is 0 Å². The van der Waals surface area contributed by atoms with Crippen LogP contribution in [0.4, 0.5) is 0 Å². The number of ether oxygens (including phenoxy) is 1. The van der Waals surface area contributed by atoms with Crippen molar-refractivity contribution in [1.29, 1.82) is 0 Å². The Bertz CT molecular complexity index is 848. The van der Waals surface area contributed by atoms with E-state index in [0.717, 1.165) is 25.0 Å². The molecule has 0 aliphatic heterocycles. The molecule has 0 aromatic carbocycles. The second kappa shape index (κ2) is 7.87. The van der Waals surface area contributed by atoms with Gasteiger partial charge in [-0.15, -0.1) is 0 Å². The Morgan fingerprint density at radius 1 is 1.22 bits per heavy atom. The first kappa shape index (κ1) is 23.3. The molecule has 0 radical (unpaired) electrons. The molecule has 7 heteroatoms. The van der Waals surface area contributed by atoms with Crippen molar-refractivity contribution in [3.05, 3.63) is 23.5 Å². The Morgan fingerprint density at radius 2 is 1.91 bits per heavy atom. The smallest absolute Gasteiger partial charge is 0.317 e. The summed E-state index contributed by atoms with van der Waals surface area (Å²) in [4.78, 5) is 23.1. The minimum atomic E-state index is -1.65. The van der Waals surface area contributed by atoms with E-state index in [4.69, 9.17) is 4.74 Å². The molecule has 0 spiro atoms. The molecule has 4 aliphatic rings. The monoisotopic (exact) mass is 448 g/mol. The third kappa shape index (κ3) is 3.31. The minimum absolute atomic E-state index is 0.0529. The maximum Gasteiger partial charge on any atom is 0.317 e. The van der Waals surface area contributed by atoms with Gasteiger partial charge in [-0.1, -0.05) is 19.9 Å². The molecule has 4 rings (SSSR count). The average molecular weight is 449 g/mol. The van der Waals surface area contributed by atoms with Crippen LogP contribution in [0.2, 0.25) is 0 Å². The first-order chi connectivity index (χ1) is 15.0. The predicted octanol–water partition coefficient (Wildman–Crippen LogP) is 3.36. The van der Waals surface area contributed by atoms with Crippen molar-refractivity contribution in [2.75, 3.05) is 6.61 Å². The molecule has 1 unspecified atom stereocenters. The van der Waals surface area contributed by atoms with E-state index in [-0.39, 0.29) is 29.6 Å². The molecule has 0 saturated heterocycles. The van der Waals surface area contributed by atoms with Gasteiger partial charge in [0.25, 0.3) is 0 Å². The molecule has 0 heterocycles. The Morgan fingerprint density at radius 3 is 2.53 bits per heavy atom. The molecule has 7 atom stereocenters. The highest BCUT2D eigenvalue weighted by molar-refractivity contribution is 5.93. The molecule has 0 bridgehead atoms. The van der Waals surface area contributed by atoms with Crippen molar-refractivity contribution in [1.82, 2.24) is 0 Å². The predicted molar refractivity (Wildman–Crippen MR) is 117 cm³/mol. The van der Waals surface area contributed by atoms with Crippen LogP contribution in [0.3, 0.4) is 0 Å². The summed E-state index contributed by atoms with van der Waals surface area (Å²) in [5.41, 5.74) is -1.10. The van der Waals surface area contributed by atoms with Gasteiger partial charge < -0.3 is 25.2 Å². The third-order valence-corrected chi connectivity index (χ3v) is 9.46. The highest BCUT2D eigenvalue weighted by Gasteiger charge is 2.66. The molecule has 4 aliphatic carbocycles. The van der Waals surface area contributed by atoms with E-state index >= 15 is 0 Å². The van der Waals surface area contributed by atoms with Gasteiger partial charge >= 0.3 is 11.9 Å². The summed E-state index contributed by atoms with van der Waals surface area (Å²) in [5, 5.41) is 41.9. The zero-order valence-corrected chi connectivity index (χ0v) is 19.2. The number of allylic oxidation sites excluding steroid dienone is 4. The molecule has 0 amide bonds. The lowest BCUT2D eigenvalue weighted by molar-refractivity contribution is -0.179. The molecule has 2 saturated carbocycles. The Kier molecular flexibility index (Phi) is 5.73. The highest BCUT2D eigenvalue weighted by Crippen LogP contribution is 2.67. The summed E-state index contributed by atoms with van der Waals surface area (Å²) >= 11 is 0. The van der Waals surface area contributed by atoms with Gasteiger partial charge in [0.1, 0.15) is 0 Å². The highest BCUT2D eigenvalue weighted by atomic mass is 16.5. The van der Waals surface area contributed by atoms with Gasteiger partial charge in [0.05, 0.1) is 24.1 Å². The number of hydrogen-bond donors (Lipinski definition) is 4. The summed E-state index contributed by atoms with van der Waals surface area (Å²) in [7, 11) is 0. The average Bonchev–Trinajstić information content (AvgIpc) is 2.96. The number of carboxylic acids is 2. The first-order valence-electron chi connectivity index (χ1n) is 11.9. The quantitative estimate of drug-likeness (QED) is 0.459. The normalized spacial score (nSPS) is 42.9. The summed E-state index contributed by atoms with van der Waals surface area (Å²) in [6.07, 6.45) is 7.38. The third-order valence-electron chi connectivity index (χ3n) is 9.46. The van der Waals surface area contributed by atoms with Crippen LogP contribution < -0.4 is 0 Å². The lowest BCUT2D eigenvalue weighted by Gasteiger charge is -2.60. The number of rotatable bonds is 6. The fourth-order valence-electron chi connectivity index (χ4n) is 7.78. The number of fused-ring (bicyclic) bond motifs is 5. The molecule has 4 N–H and O–H groups in total.